The van der Waals surface area contributed by atoms with E-state index in [1.165, 1.54) is 6.92 Å². The summed E-state index contributed by atoms with van der Waals surface area (Å²) in [6.45, 7) is 3.87. The molecule has 0 saturated carbocycles. The number of carbonyl (C=O) groups excluding carboxylic acids is 14. The van der Waals surface area contributed by atoms with Gasteiger partial charge in [0.25, 0.3) is 43.3 Å². The summed E-state index contributed by atoms with van der Waals surface area (Å²) in [6, 6.07) is 0. The summed E-state index contributed by atoms with van der Waals surface area (Å²) >= 11 is 0. The Morgan fingerprint density at radius 3 is 1.18 bits per heavy atom. The SMILES string of the molecule is C.CCC(=O)OCC(COP(=O)(O)OCCN)OC(=O)CC.CCC(=O)OCC(COP(=O)([O-])OCCNC(=O)CCCCC(=O)ON1C(=O)CCC1=O)OC(=O)CC.O=C(CCCCC(=O)ON1C(=O)CCC1=O)ON1C(=O)CCC1=O.[Na+]. The average molecular weight is 1260 g/mol. The van der Waals surface area contributed by atoms with Crippen molar-refractivity contribution in [1.82, 2.24) is 20.5 Å². The second-order valence-corrected chi connectivity index (χ2v) is 19.7. The number of nitrogens with zero attached hydrogens (tertiary/aromatic N) is 3. The van der Waals surface area contributed by atoms with Gasteiger partial charge in [0.05, 0.1) is 26.4 Å². The number of nitrogens with one attached hydrogen (secondary N) is 1. The van der Waals surface area contributed by atoms with Crippen LogP contribution in [0.25, 0.3) is 0 Å². The molecule has 3 rings (SSSR count). The van der Waals surface area contributed by atoms with Crippen LogP contribution in [0.2, 0.25) is 0 Å². The number of nitrogens with two attached hydrogens (primary N) is 1. The number of phosphoric ester groups is 2. The summed E-state index contributed by atoms with van der Waals surface area (Å²) in [5, 5.41) is 3.80. The Labute approximate surface area is 505 Å². The molecule has 0 aromatic carbocycles. The van der Waals surface area contributed by atoms with Gasteiger partial charge in [-0.25, -0.2) is 18.9 Å². The maximum absolute atomic E-state index is 11.9. The molecule has 3 fully saturated rings. The van der Waals surface area contributed by atoms with Crippen molar-refractivity contribution >= 4 is 98.8 Å². The first-order valence-electron chi connectivity index (χ1n) is 25.8. The van der Waals surface area contributed by atoms with E-state index in [0.29, 0.717) is 21.6 Å². The van der Waals surface area contributed by atoms with Gasteiger partial charge in [0, 0.05) is 103 Å². The Morgan fingerprint density at radius 1 is 0.512 bits per heavy atom. The van der Waals surface area contributed by atoms with Crippen molar-refractivity contribution < 1.29 is 167 Å². The van der Waals surface area contributed by atoms with Gasteiger partial charge in [0.1, 0.15) is 13.2 Å². The number of carbonyl (C=O) groups is 14. The van der Waals surface area contributed by atoms with Crippen molar-refractivity contribution in [3.05, 3.63) is 0 Å². The Hall–Kier alpha value is -5.64. The van der Waals surface area contributed by atoms with E-state index in [1.807, 2.05) is 0 Å². The minimum atomic E-state index is -4.81. The zero-order valence-corrected chi connectivity index (χ0v) is 50.5. The van der Waals surface area contributed by atoms with Gasteiger partial charge in [-0.15, -0.1) is 15.2 Å². The molecule has 472 valence electrons. The third-order valence-electron chi connectivity index (χ3n) is 10.1. The minimum Gasteiger partial charge on any atom is -0.756 e. The quantitative estimate of drug-likeness (QED) is 0.0150. The molecule has 34 nitrogen and oxygen atoms in total. The maximum atomic E-state index is 11.9. The van der Waals surface area contributed by atoms with Gasteiger partial charge in [-0.1, -0.05) is 35.1 Å². The fourth-order valence-corrected chi connectivity index (χ4v) is 7.39. The van der Waals surface area contributed by atoms with Gasteiger partial charge >= 0.3 is 79.2 Å². The van der Waals surface area contributed by atoms with Crippen molar-refractivity contribution in [2.24, 2.45) is 5.73 Å². The summed E-state index contributed by atoms with van der Waals surface area (Å²) in [7, 11) is -9.09. The number of amides is 7. The number of rotatable bonds is 36. The van der Waals surface area contributed by atoms with Crippen LogP contribution in [-0.4, -0.2) is 168 Å². The smallest absolute Gasteiger partial charge is 0.756 e. The molecule has 3 aliphatic heterocycles. The molecule has 3 heterocycles. The molecular weight excluding hydrogens is 1180 g/mol. The number of imide groups is 3. The Kier molecular flexibility index (Phi) is 42.0. The van der Waals surface area contributed by atoms with Gasteiger partial charge in [-0.2, -0.15) is 0 Å². The van der Waals surface area contributed by atoms with Crippen LogP contribution in [0.3, 0.4) is 0 Å². The summed E-state index contributed by atoms with van der Waals surface area (Å²) in [5.41, 5.74) is 5.13. The monoisotopic (exact) mass is 1260 g/mol. The summed E-state index contributed by atoms with van der Waals surface area (Å²) < 4.78 is 61.4. The van der Waals surface area contributed by atoms with Crippen molar-refractivity contribution in [1.29, 1.82) is 0 Å². The van der Waals surface area contributed by atoms with Gasteiger partial charge < -0.3 is 63.3 Å². The molecule has 0 spiro atoms. The van der Waals surface area contributed by atoms with Crippen molar-refractivity contribution in [2.75, 3.05) is 52.7 Å². The standard InChI is InChI=1S/C21H33N2O13P.C14H16N2O8.C11H22NO8P.CH4.Na/c1-3-19(27)32-13-15(35-20(28)4-2)14-34-37(30,31)33-12-11-22-16(24)7-5-6-8-21(29)36-23-17(25)9-10-18(23)26;17-9-5-6-10(18)15(9)23-13(21)3-1-2-4-14(22)24-16-11(19)7-8-12(16)20;1-3-10(13)17-7-9(20-11(14)4-2)8-19-21(15,16)18-6-5-12;;/h15H,3-14H2,1-2H3,(H,22,24)(H,30,31);1-8H2;9H,3-8,12H2,1-2H3,(H,15,16);1H4;/q;;;;+1/p-1. The van der Waals surface area contributed by atoms with Crippen LogP contribution in [0.4, 0.5) is 0 Å². The predicted molar refractivity (Wildman–Crippen MR) is 271 cm³/mol. The predicted octanol–water partition coefficient (Wildman–Crippen LogP) is -2.20. The second kappa shape index (κ2) is 43.9. The molecule has 7 amide bonds. The Morgan fingerprint density at radius 2 is 0.845 bits per heavy atom. The number of hydrogen-bond acceptors (Lipinski definition) is 29. The molecular formula is C47H74N5NaO29P2. The van der Waals surface area contributed by atoms with Crippen LogP contribution in [0.1, 0.15) is 151 Å². The number of hydrogen-bond donors (Lipinski definition) is 3. The fraction of sp³-hybridized carbons (Fsp3) is 0.702. The molecule has 3 aliphatic rings. The summed E-state index contributed by atoms with van der Waals surface area (Å²) in [4.78, 5) is 195. The molecule has 0 aromatic rings. The number of hydroxylamine groups is 6. The van der Waals surface area contributed by atoms with E-state index in [0.717, 1.165) is 0 Å². The van der Waals surface area contributed by atoms with Crippen LogP contribution >= 0.6 is 15.6 Å². The van der Waals surface area contributed by atoms with E-state index in [4.69, 9.17) is 29.5 Å². The Bertz CT molecular complexity index is 2240. The molecule has 0 aromatic heterocycles. The van der Waals surface area contributed by atoms with Crippen LogP contribution < -0.4 is 45.5 Å². The van der Waals surface area contributed by atoms with Crippen LogP contribution in [0.5, 0.6) is 0 Å². The van der Waals surface area contributed by atoms with Crippen molar-refractivity contribution in [3.63, 3.8) is 0 Å². The number of esters is 4. The molecule has 0 aliphatic carbocycles. The van der Waals surface area contributed by atoms with Crippen LogP contribution in [0, 0.1) is 0 Å². The van der Waals surface area contributed by atoms with E-state index in [-0.39, 0.29) is 179 Å². The molecule has 4 N–H and O–H groups in total. The minimum absolute atomic E-state index is 0. The van der Waals surface area contributed by atoms with E-state index in [9.17, 15) is 86.0 Å². The summed E-state index contributed by atoms with van der Waals surface area (Å²) in [5.74, 6) is -8.33. The molecule has 84 heavy (non-hydrogen) atoms. The van der Waals surface area contributed by atoms with Crippen molar-refractivity contribution in [2.45, 2.75) is 163 Å². The molecule has 0 radical (unpaired) electrons. The van der Waals surface area contributed by atoms with Gasteiger partial charge in [0.2, 0.25) is 5.91 Å². The van der Waals surface area contributed by atoms with Crippen LogP contribution in [-0.2, 0) is 128 Å². The first-order chi connectivity index (χ1) is 38.7. The fourth-order valence-electron chi connectivity index (χ4n) is 5.89. The van der Waals surface area contributed by atoms with Crippen molar-refractivity contribution in [3.8, 4) is 0 Å². The van der Waals surface area contributed by atoms with Gasteiger partial charge in [0.15, 0.2) is 12.2 Å². The zero-order chi connectivity index (χ0) is 61.8. The average Bonchev–Trinajstić information content (AvgIpc) is 4.31. The molecule has 0 bridgehead atoms. The first-order valence-corrected chi connectivity index (χ1v) is 28.7. The summed E-state index contributed by atoms with van der Waals surface area (Å²) in [6.07, 6.45) is -0.877. The topological polar surface area (TPSA) is 466 Å². The third-order valence-corrected chi connectivity index (χ3v) is 12.1. The molecule has 4 atom stereocenters. The normalized spacial score (nSPS) is 15.7. The van der Waals surface area contributed by atoms with E-state index >= 15 is 0 Å². The maximum Gasteiger partial charge on any atom is 1.00 e. The molecule has 4 unspecified atom stereocenters. The number of phosphoric acid groups is 2. The Balaban J connectivity index is 0. The largest absolute Gasteiger partial charge is 1.00 e. The first kappa shape index (κ1) is 80.4. The van der Waals surface area contributed by atoms with E-state index in [1.54, 1.807) is 20.8 Å². The van der Waals surface area contributed by atoms with Gasteiger partial charge in [-0.05, 0) is 25.7 Å². The second-order valence-electron chi connectivity index (χ2n) is 16.9. The number of unbranched alkanes of at least 4 members (excludes halogenated alkanes) is 2. The zero-order valence-electron chi connectivity index (χ0n) is 46.7. The third kappa shape index (κ3) is 35.6. The van der Waals surface area contributed by atoms with Gasteiger partial charge in [-0.3, -0.25) is 66.4 Å². The van der Waals surface area contributed by atoms with E-state index in [2.05, 4.69) is 33.1 Å². The van der Waals surface area contributed by atoms with Crippen LogP contribution in [0.15, 0.2) is 0 Å². The number of ether oxygens (including phenoxy) is 4. The van der Waals surface area contributed by atoms with E-state index < -0.39 is 131 Å². The molecule has 37 heteroatoms. The molecule has 3 saturated heterocycles.